The maximum atomic E-state index is 10.5. The predicted octanol–water partition coefficient (Wildman–Crippen LogP) is 0.178. The highest BCUT2D eigenvalue weighted by Gasteiger charge is 2.09. The van der Waals surface area contributed by atoms with E-state index in [-0.39, 0.29) is 6.42 Å². The smallest absolute Gasteiger partial charge is 0.309 e. The number of carbonyl (C=O) groups is 1. The molecule has 0 aliphatic carbocycles. The summed E-state index contributed by atoms with van der Waals surface area (Å²) >= 11 is 0. The summed E-state index contributed by atoms with van der Waals surface area (Å²) in [6, 6.07) is 1.52. The summed E-state index contributed by atoms with van der Waals surface area (Å²) in [7, 11) is 5.03. The van der Waals surface area contributed by atoms with Crippen LogP contribution in [0.15, 0.2) is 6.07 Å². The van der Waals surface area contributed by atoms with Crippen LogP contribution in [0.25, 0.3) is 0 Å². The number of aliphatic carboxylic acids is 1. The van der Waals surface area contributed by atoms with Gasteiger partial charge < -0.3 is 14.7 Å². The zero-order valence-corrected chi connectivity index (χ0v) is 8.89. The van der Waals surface area contributed by atoms with Gasteiger partial charge in [0.15, 0.2) is 0 Å². The molecule has 0 aliphatic rings. The molecule has 0 aromatic carbocycles. The van der Waals surface area contributed by atoms with Crippen molar-refractivity contribution < 1.29 is 14.6 Å². The van der Waals surface area contributed by atoms with Gasteiger partial charge >= 0.3 is 5.97 Å². The highest BCUT2D eigenvalue weighted by Crippen LogP contribution is 2.14. The van der Waals surface area contributed by atoms with Gasteiger partial charge in [-0.3, -0.25) is 4.79 Å². The van der Waals surface area contributed by atoms with Crippen LogP contribution in [0.3, 0.4) is 0 Å². The van der Waals surface area contributed by atoms with Crippen LogP contribution in [0.4, 0.5) is 5.95 Å². The van der Waals surface area contributed by atoms with E-state index in [1.54, 1.807) is 19.0 Å². The van der Waals surface area contributed by atoms with Gasteiger partial charge in [-0.2, -0.15) is 4.98 Å². The predicted molar refractivity (Wildman–Crippen MR) is 54.3 cm³/mol. The molecule has 1 aromatic rings. The van der Waals surface area contributed by atoms with Crippen LogP contribution in [0.1, 0.15) is 5.69 Å². The summed E-state index contributed by atoms with van der Waals surface area (Å²) in [6.45, 7) is 0. The summed E-state index contributed by atoms with van der Waals surface area (Å²) < 4.78 is 4.96. The molecule has 6 nitrogen and oxygen atoms in total. The van der Waals surface area contributed by atoms with Crippen LogP contribution in [0, 0.1) is 0 Å². The quantitative estimate of drug-likeness (QED) is 0.765. The van der Waals surface area contributed by atoms with Crippen molar-refractivity contribution in [3.8, 4) is 5.88 Å². The molecule has 1 N–H and O–H groups in total. The van der Waals surface area contributed by atoms with E-state index in [0.29, 0.717) is 17.5 Å². The zero-order chi connectivity index (χ0) is 11.4. The Bertz CT molecular complexity index is 366. The highest BCUT2D eigenvalue weighted by molar-refractivity contribution is 5.69. The molecular formula is C9H13N3O3. The standard InChI is InChI=1S/C9H13N3O3/c1-12(2)9-10-6(5-8(13)14)4-7(11-9)15-3/h4H,5H2,1-3H3,(H,13,14). The minimum Gasteiger partial charge on any atom is -0.481 e. The fourth-order valence-electron chi connectivity index (χ4n) is 1.01. The molecule has 0 atom stereocenters. The van der Waals surface area contributed by atoms with Crippen molar-refractivity contribution in [2.45, 2.75) is 6.42 Å². The first-order valence-electron chi connectivity index (χ1n) is 4.34. The second kappa shape index (κ2) is 4.59. The first-order valence-corrected chi connectivity index (χ1v) is 4.34. The number of rotatable bonds is 4. The van der Waals surface area contributed by atoms with Gasteiger partial charge in [0.25, 0.3) is 0 Å². The Morgan fingerprint density at radius 1 is 1.53 bits per heavy atom. The number of anilines is 1. The van der Waals surface area contributed by atoms with Crippen molar-refractivity contribution in [3.05, 3.63) is 11.8 Å². The molecular weight excluding hydrogens is 198 g/mol. The molecule has 0 saturated carbocycles. The van der Waals surface area contributed by atoms with Gasteiger partial charge in [-0.1, -0.05) is 0 Å². The second-order valence-electron chi connectivity index (χ2n) is 3.17. The minimum atomic E-state index is -0.930. The lowest BCUT2D eigenvalue weighted by atomic mass is 10.3. The molecule has 0 radical (unpaired) electrons. The minimum absolute atomic E-state index is 0.139. The van der Waals surface area contributed by atoms with Crippen molar-refractivity contribution in [1.29, 1.82) is 0 Å². The lowest BCUT2D eigenvalue weighted by Gasteiger charge is -2.12. The molecule has 0 fully saturated rings. The SMILES string of the molecule is COc1cc(CC(=O)O)nc(N(C)C)n1. The number of carboxylic acids is 1. The van der Waals surface area contributed by atoms with Crippen molar-refractivity contribution in [2.75, 3.05) is 26.1 Å². The summed E-state index contributed by atoms with van der Waals surface area (Å²) in [4.78, 5) is 20.4. The molecule has 0 bridgehead atoms. The van der Waals surface area contributed by atoms with Gasteiger partial charge in [-0.05, 0) is 0 Å². The molecule has 0 spiro atoms. The van der Waals surface area contributed by atoms with E-state index in [9.17, 15) is 4.79 Å². The number of ether oxygens (including phenoxy) is 1. The van der Waals surface area contributed by atoms with Crippen LogP contribution >= 0.6 is 0 Å². The van der Waals surface area contributed by atoms with E-state index in [0.717, 1.165) is 0 Å². The molecule has 15 heavy (non-hydrogen) atoms. The molecule has 0 unspecified atom stereocenters. The first-order chi connectivity index (χ1) is 7.02. The third-order valence-electron chi connectivity index (χ3n) is 1.69. The van der Waals surface area contributed by atoms with Gasteiger partial charge in [0.05, 0.1) is 19.2 Å². The molecule has 6 heteroatoms. The number of carboxylic acid groups (broad SMARTS) is 1. The van der Waals surface area contributed by atoms with Crippen LogP contribution < -0.4 is 9.64 Å². The Morgan fingerprint density at radius 3 is 2.67 bits per heavy atom. The van der Waals surface area contributed by atoms with E-state index in [1.807, 2.05) is 0 Å². The fraction of sp³-hybridized carbons (Fsp3) is 0.444. The maximum Gasteiger partial charge on any atom is 0.309 e. The van der Waals surface area contributed by atoms with Crippen molar-refractivity contribution in [1.82, 2.24) is 9.97 Å². The summed E-state index contributed by atoms with van der Waals surface area (Å²) in [6.07, 6.45) is -0.139. The van der Waals surface area contributed by atoms with Gasteiger partial charge in [0, 0.05) is 20.2 Å². The summed E-state index contributed by atoms with van der Waals surface area (Å²) in [5.74, 6) is -0.129. The number of hydrogen-bond acceptors (Lipinski definition) is 5. The third-order valence-corrected chi connectivity index (χ3v) is 1.69. The Kier molecular flexibility index (Phi) is 3.43. The molecule has 1 heterocycles. The second-order valence-corrected chi connectivity index (χ2v) is 3.17. The summed E-state index contributed by atoms with van der Waals surface area (Å²) in [5.41, 5.74) is 0.429. The summed E-state index contributed by atoms with van der Waals surface area (Å²) in [5, 5.41) is 8.65. The van der Waals surface area contributed by atoms with Crippen LogP contribution in [-0.2, 0) is 11.2 Å². The lowest BCUT2D eigenvalue weighted by molar-refractivity contribution is -0.136. The molecule has 0 saturated heterocycles. The average Bonchev–Trinajstić information content (AvgIpc) is 2.16. The zero-order valence-electron chi connectivity index (χ0n) is 8.89. The molecule has 1 rings (SSSR count). The first kappa shape index (κ1) is 11.2. The van der Waals surface area contributed by atoms with Crippen LogP contribution in [0.5, 0.6) is 5.88 Å². The van der Waals surface area contributed by atoms with Crippen LogP contribution in [0.2, 0.25) is 0 Å². The van der Waals surface area contributed by atoms with Crippen molar-refractivity contribution >= 4 is 11.9 Å². The average molecular weight is 211 g/mol. The maximum absolute atomic E-state index is 10.5. The Hall–Kier alpha value is -1.85. The Balaban J connectivity index is 3.05. The normalized spacial score (nSPS) is 9.80. The van der Waals surface area contributed by atoms with E-state index >= 15 is 0 Å². The number of hydrogen-bond donors (Lipinski definition) is 1. The fourth-order valence-corrected chi connectivity index (χ4v) is 1.01. The monoisotopic (exact) mass is 211 g/mol. The number of aromatic nitrogens is 2. The van der Waals surface area contributed by atoms with Gasteiger partial charge in [-0.25, -0.2) is 4.98 Å². The molecule has 1 aromatic heterocycles. The number of methoxy groups -OCH3 is 1. The third kappa shape index (κ3) is 3.08. The Morgan fingerprint density at radius 2 is 2.20 bits per heavy atom. The van der Waals surface area contributed by atoms with E-state index in [2.05, 4.69) is 9.97 Å². The number of nitrogens with zero attached hydrogens (tertiary/aromatic N) is 3. The van der Waals surface area contributed by atoms with E-state index in [1.165, 1.54) is 13.2 Å². The Labute approximate surface area is 87.5 Å². The van der Waals surface area contributed by atoms with Gasteiger partial charge in [0.1, 0.15) is 0 Å². The van der Waals surface area contributed by atoms with E-state index in [4.69, 9.17) is 9.84 Å². The highest BCUT2D eigenvalue weighted by atomic mass is 16.5. The van der Waals surface area contributed by atoms with Crippen molar-refractivity contribution in [3.63, 3.8) is 0 Å². The van der Waals surface area contributed by atoms with Gasteiger partial charge in [0.2, 0.25) is 11.8 Å². The molecule has 82 valence electrons. The molecule has 0 amide bonds. The van der Waals surface area contributed by atoms with E-state index < -0.39 is 5.97 Å². The van der Waals surface area contributed by atoms with Crippen LogP contribution in [-0.4, -0.2) is 42.2 Å². The topological polar surface area (TPSA) is 75.6 Å². The van der Waals surface area contributed by atoms with Crippen molar-refractivity contribution in [2.24, 2.45) is 0 Å². The largest absolute Gasteiger partial charge is 0.481 e. The lowest BCUT2D eigenvalue weighted by Crippen LogP contribution is -2.15. The van der Waals surface area contributed by atoms with Gasteiger partial charge in [-0.15, -0.1) is 0 Å². The molecule has 0 aliphatic heterocycles.